The van der Waals surface area contributed by atoms with Crippen LogP contribution < -0.4 is 11.1 Å². The molecule has 0 saturated heterocycles. The van der Waals surface area contributed by atoms with Crippen LogP contribution in [-0.2, 0) is 11.2 Å². The molecule has 2 aromatic rings. The van der Waals surface area contributed by atoms with Gasteiger partial charge in [0.05, 0.1) is 0 Å². The van der Waals surface area contributed by atoms with E-state index in [0.717, 1.165) is 17.7 Å². The zero-order chi connectivity index (χ0) is 13.7. The average molecular weight is 254 g/mol. The number of hydrogen-bond acceptors (Lipinski definition) is 2. The fourth-order valence-corrected chi connectivity index (χ4v) is 2.01. The molecule has 2 aromatic carbocycles. The van der Waals surface area contributed by atoms with E-state index in [0.29, 0.717) is 0 Å². The van der Waals surface area contributed by atoms with Crippen LogP contribution in [0.1, 0.15) is 24.1 Å². The molecule has 1 atom stereocenters. The Morgan fingerprint density at radius 2 is 1.89 bits per heavy atom. The Labute approximate surface area is 113 Å². The number of nitrogens with two attached hydrogens (primary N) is 1. The minimum Gasteiger partial charge on any atom is -0.370 e. The van der Waals surface area contributed by atoms with Gasteiger partial charge in [0.25, 0.3) is 0 Å². The number of hydrogen-bond donors (Lipinski definition) is 2. The second kappa shape index (κ2) is 6.05. The fraction of sp³-hybridized carbons (Fsp3) is 0.188. The smallest absolute Gasteiger partial charge is 0.244 e. The summed E-state index contributed by atoms with van der Waals surface area (Å²) in [5.74, 6) is -0.381. The SMILES string of the molecule is CCc1cccc(N[C@@H](C(N)=O)c2ccccc2)c1. The maximum absolute atomic E-state index is 11.6. The van der Waals surface area contributed by atoms with Crippen LogP contribution in [0, 0.1) is 0 Å². The van der Waals surface area contributed by atoms with E-state index in [1.807, 2.05) is 48.5 Å². The highest BCUT2D eigenvalue weighted by Crippen LogP contribution is 2.20. The maximum atomic E-state index is 11.6. The third-order valence-electron chi connectivity index (χ3n) is 3.06. The molecule has 0 saturated carbocycles. The van der Waals surface area contributed by atoms with Crippen molar-refractivity contribution in [2.75, 3.05) is 5.32 Å². The minimum atomic E-state index is -0.506. The molecule has 3 N–H and O–H groups in total. The Morgan fingerprint density at radius 1 is 1.16 bits per heavy atom. The molecule has 0 heterocycles. The number of amides is 1. The van der Waals surface area contributed by atoms with Gasteiger partial charge in [-0.05, 0) is 29.7 Å². The lowest BCUT2D eigenvalue weighted by Gasteiger charge is -2.17. The zero-order valence-corrected chi connectivity index (χ0v) is 11.0. The van der Waals surface area contributed by atoms with E-state index < -0.39 is 6.04 Å². The van der Waals surface area contributed by atoms with Gasteiger partial charge in [0.15, 0.2) is 0 Å². The highest BCUT2D eigenvalue weighted by Gasteiger charge is 2.17. The van der Waals surface area contributed by atoms with Gasteiger partial charge in [0.2, 0.25) is 5.91 Å². The molecule has 19 heavy (non-hydrogen) atoms. The summed E-state index contributed by atoms with van der Waals surface area (Å²) in [5.41, 5.74) is 8.49. The molecule has 0 aliphatic carbocycles. The largest absolute Gasteiger partial charge is 0.370 e. The molecule has 0 aromatic heterocycles. The van der Waals surface area contributed by atoms with Crippen LogP contribution in [0.25, 0.3) is 0 Å². The van der Waals surface area contributed by atoms with Gasteiger partial charge >= 0.3 is 0 Å². The normalized spacial score (nSPS) is 11.8. The van der Waals surface area contributed by atoms with Crippen molar-refractivity contribution in [3.8, 4) is 0 Å². The first-order valence-corrected chi connectivity index (χ1v) is 6.40. The number of rotatable bonds is 5. The molecule has 1 amide bonds. The van der Waals surface area contributed by atoms with Crippen molar-refractivity contribution in [1.82, 2.24) is 0 Å². The van der Waals surface area contributed by atoms with Crippen molar-refractivity contribution >= 4 is 11.6 Å². The second-order valence-electron chi connectivity index (χ2n) is 4.44. The Hall–Kier alpha value is -2.29. The Morgan fingerprint density at radius 3 is 2.53 bits per heavy atom. The first-order valence-electron chi connectivity index (χ1n) is 6.40. The molecule has 0 radical (unpaired) electrons. The van der Waals surface area contributed by atoms with Crippen molar-refractivity contribution in [2.45, 2.75) is 19.4 Å². The second-order valence-corrected chi connectivity index (χ2v) is 4.44. The minimum absolute atomic E-state index is 0.381. The summed E-state index contributed by atoms with van der Waals surface area (Å²) in [5, 5.41) is 3.19. The molecule has 0 aliphatic rings. The van der Waals surface area contributed by atoms with E-state index in [1.165, 1.54) is 5.56 Å². The molecule has 98 valence electrons. The monoisotopic (exact) mass is 254 g/mol. The number of nitrogens with one attached hydrogen (secondary N) is 1. The summed E-state index contributed by atoms with van der Waals surface area (Å²) in [7, 11) is 0. The highest BCUT2D eigenvalue weighted by molar-refractivity contribution is 5.84. The van der Waals surface area contributed by atoms with Gasteiger partial charge in [-0.25, -0.2) is 0 Å². The van der Waals surface area contributed by atoms with E-state index in [2.05, 4.69) is 18.3 Å². The Kier molecular flexibility index (Phi) is 4.18. The van der Waals surface area contributed by atoms with Crippen LogP contribution in [0.5, 0.6) is 0 Å². The summed E-state index contributed by atoms with van der Waals surface area (Å²) in [6, 6.07) is 17.0. The van der Waals surface area contributed by atoms with Gasteiger partial charge in [-0.2, -0.15) is 0 Å². The molecule has 3 nitrogen and oxygen atoms in total. The number of anilines is 1. The quantitative estimate of drug-likeness (QED) is 0.862. The first kappa shape index (κ1) is 13.1. The van der Waals surface area contributed by atoms with Crippen molar-refractivity contribution in [2.24, 2.45) is 5.73 Å². The fourth-order valence-electron chi connectivity index (χ4n) is 2.01. The van der Waals surface area contributed by atoms with Gasteiger partial charge in [-0.1, -0.05) is 49.4 Å². The average Bonchev–Trinajstić information content (AvgIpc) is 2.45. The van der Waals surface area contributed by atoms with E-state index >= 15 is 0 Å². The summed E-state index contributed by atoms with van der Waals surface area (Å²) < 4.78 is 0. The summed E-state index contributed by atoms with van der Waals surface area (Å²) in [6.07, 6.45) is 0.960. The van der Waals surface area contributed by atoms with Gasteiger partial charge < -0.3 is 11.1 Å². The van der Waals surface area contributed by atoms with Crippen LogP contribution in [-0.4, -0.2) is 5.91 Å². The first-order chi connectivity index (χ1) is 9.20. The molecule has 0 aliphatic heterocycles. The van der Waals surface area contributed by atoms with Gasteiger partial charge in [-0.3, -0.25) is 4.79 Å². The predicted octanol–water partition coefficient (Wildman–Crippen LogP) is 2.89. The van der Waals surface area contributed by atoms with E-state index in [1.54, 1.807) is 0 Å². The lowest BCUT2D eigenvalue weighted by atomic mass is 10.1. The van der Waals surface area contributed by atoms with Gasteiger partial charge in [0, 0.05) is 5.69 Å². The molecule has 0 unspecified atom stereocenters. The molecule has 3 heteroatoms. The Balaban J connectivity index is 2.24. The van der Waals surface area contributed by atoms with Crippen LogP contribution >= 0.6 is 0 Å². The molecule has 0 spiro atoms. The van der Waals surface area contributed by atoms with E-state index in [9.17, 15) is 4.79 Å². The lowest BCUT2D eigenvalue weighted by Crippen LogP contribution is -2.27. The topological polar surface area (TPSA) is 55.1 Å². The zero-order valence-electron chi connectivity index (χ0n) is 11.0. The number of primary amides is 1. The van der Waals surface area contributed by atoms with Crippen molar-refractivity contribution in [1.29, 1.82) is 0 Å². The summed E-state index contributed by atoms with van der Waals surface area (Å²) in [4.78, 5) is 11.6. The number of carbonyl (C=O) groups excluding carboxylic acids is 1. The third-order valence-corrected chi connectivity index (χ3v) is 3.06. The molecule has 0 bridgehead atoms. The molecule has 2 rings (SSSR count). The van der Waals surface area contributed by atoms with Crippen molar-refractivity contribution < 1.29 is 4.79 Å². The molecular weight excluding hydrogens is 236 g/mol. The molecular formula is C16H18N2O. The number of carbonyl (C=O) groups is 1. The summed E-state index contributed by atoms with van der Waals surface area (Å²) >= 11 is 0. The number of aryl methyl sites for hydroxylation is 1. The highest BCUT2D eigenvalue weighted by atomic mass is 16.1. The van der Waals surface area contributed by atoms with Crippen LogP contribution in [0.3, 0.4) is 0 Å². The van der Waals surface area contributed by atoms with Gasteiger partial charge in [-0.15, -0.1) is 0 Å². The van der Waals surface area contributed by atoms with Crippen LogP contribution in [0.4, 0.5) is 5.69 Å². The van der Waals surface area contributed by atoms with Crippen LogP contribution in [0.2, 0.25) is 0 Å². The van der Waals surface area contributed by atoms with Crippen molar-refractivity contribution in [3.63, 3.8) is 0 Å². The lowest BCUT2D eigenvalue weighted by molar-refractivity contribution is -0.118. The predicted molar refractivity (Wildman–Crippen MR) is 77.8 cm³/mol. The van der Waals surface area contributed by atoms with E-state index in [-0.39, 0.29) is 5.91 Å². The van der Waals surface area contributed by atoms with Crippen LogP contribution in [0.15, 0.2) is 54.6 Å². The van der Waals surface area contributed by atoms with E-state index in [4.69, 9.17) is 5.73 Å². The number of benzene rings is 2. The Bertz CT molecular complexity index is 552. The maximum Gasteiger partial charge on any atom is 0.244 e. The summed E-state index contributed by atoms with van der Waals surface area (Å²) in [6.45, 7) is 2.10. The molecule has 0 fully saturated rings. The van der Waals surface area contributed by atoms with Crippen molar-refractivity contribution in [3.05, 3.63) is 65.7 Å². The standard InChI is InChI=1S/C16H18N2O/c1-2-12-7-6-10-14(11-12)18-15(16(17)19)13-8-4-3-5-9-13/h3-11,15,18H,2H2,1H3,(H2,17,19)/t15-/m1/s1. The van der Waals surface area contributed by atoms with Gasteiger partial charge in [0.1, 0.15) is 6.04 Å². The third kappa shape index (κ3) is 3.35.